The molecule has 19 heavy (non-hydrogen) atoms. The third kappa shape index (κ3) is 4.10. The van der Waals surface area contributed by atoms with Crippen molar-refractivity contribution in [3.8, 4) is 0 Å². The van der Waals surface area contributed by atoms with Gasteiger partial charge in [-0.2, -0.15) is 4.98 Å². The van der Waals surface area contributed by atoms with Crippen molar-refractivity contribution in [3.05, 3.63) is 47.6 Å². The Kier molecular flexibility index (Phi) is 4.57. The van der Waals surface area contributed by atoms with Crippen molar-refractivity contribution in [2.45, 2.75) is 24.3 Å². The topological polar surface area (TPSA) is 76.2 Å². The Balaban J connectivity index is 1.95. The van der Waals surface area contributed by atoms with E-state index in [-0.39, 0.29) is 0 Å². The summed E-state index contributed by atoms with van der Waals surface area (Å²) in [4.78, 5) is 15.3. The Hall–Kier alpha value is -1.82. The normalized spacial score (nSPS) is 12.3. The standard InChI is InChI=1S/C13H14N2O3S/c1-9-14-12(15-18-9)8-19-11(13(16)17)7-10-5-3-2-4-6-10/h2-6,11H,7-8H2,1H3,(H,16,17). The third-order valence-electron chi connectivity index (χ3n) is 2.52. The van der Waals surface area contributed by atoms with Crippen LogP contribution in [0, 0.1) is 6.92 Å². The molecule has 0 radical (unpaired) electrons. The summed E-state index contributed by atoms with van der Waals surface area (Å²) in [7, 11) is 0. The van der Waals surface area contributed by atoms with E-state index in [1.54, 1.807) is 6.92 Å². The zero-order chi connectivity index (χ0) is 13.7. The summed E-state index contributed by atoms with van der Waals surface area (Å²) in [5.74, 6) is 0.627. The number of rotatable bonds is 6. The van der Waals surface area contributed by atoms with Crippen molar-refractivity contribution in [2.75, 3.05) is 0 Å². The number of hydrogen-bond acceptors (Lipinski definition) is 5. The first-order valence-corrected chi connectivity index (χ1v) is 6.87. The Labute approximate surface area is 115 Å². The molecule has 5 nitrogen and oxygen atoms in total. The van der Waals surface area contributed by atoms with Crippen molar-refractivity contribution >= 4 is 17.7 Å². The molecule has 1 atom stereocenters. The maximum Gasteiger partial charge on any atom is 0.316 e. The molecule has 0 saturated carbocycles. The van der Waals surface area contributed by atoms with E-state index in [1.807, 2.05) is 30.3 Å². The molecule has 0 spiro atoms. The highest BCUT2D eigenvalue weighted by molar-refractivity contribution is 7.99. The molecule has 0 aliphatic heterocycles. The monoisotopic (exact) mass is 278 g/mol. The van der Waals surface area contributed by atoms with Gasteiger partial charge in [-0.05, 0) is 12.0 Å². The molecule has 0 aliphatic rings. The Morgan fingerprint density at radius 3 is 2.74 bits per heavy atom. The summed E-state index contributed by atoms with van der Waals surface area (Å²) in [6, 6.07) is 9.57. The van der Waals surface area contributed by atoms with Gasteiger partial charge in [-0.3, -0.25) is 4.79 Å². The van der Waals surface area contributed by atoms with Gasteiger partial charge in [0.15, 0.2) is 5.82 Å². The maximum atomic E-state index is 11.2. The molecular weight excluding hydrogens is 264 g/mol. The number of aryl methyl sites for hydroxylation is 1. The highest BCUT2D eigenvalue weighted by atomic mass is 32.2. The fourth-order valence-electron chi connectivity index (χ4n) is 1.62. The van der Waals surface area contributed by atoms with Crippen molar-refractivity contribution in [2.24, 2.45) is 0 Å². The molecule has 1 N–H and O–H groups in total. The van der Waals surface area contributed by atoms with Crippen LogP contribution in [0.25, 0.3) is 0 Å². The van der Waals surface area contributed by atoms with Gasteiger partial charge in [0.1, 0.15) is 5.25 Å². The molecule has 0 aliphatic carbocycles. The van der Waals surface area contributed by atoms with Crippen LogP contribution in [0.5, 0.6) is 0 Å². The van der Waals surface area contributed by atoms with E-state index in [2.05, 4.69) is 10.1 Å². The minimum atomic E-state index is -0.825. The van der Waals surface area contributed by atoms with Crippen LogP contribution in [0.1, 0.15) is 17.3 Å². The zero-order valence-corrected chi connectivity index (χ0v) is 11.3. The van der Waals surface area contributed by atoms with E-state index in [9.17, 15) is 9.90 Å². The Morgan fingerprint density at radius 1 is 1.42 bits per heavy atom. The molecule has 1 aromatic heterocycles. The first-order valence-electron chi connectivity index (χ1n) is 5.82. The number of aromatic nitrogens is 2. The first kappa shape index (κ1) is 13.6. The number of hydrogen-bond donors (Lipinski definition) is 1. The van der Waals surface area contributed by atoms with Crippen LogP contribution in [0.15, 0.2) is 34.9 Å². The second kappa shape index (κ2) is 6.38. The number of carboxylic acid groups (broad SMARTS) is 1. The van der Waals surface area contributed by atoms with Crippen LogP contribution in [-0.2, 0) is 17.0 Å². The molecule has 0 saturated heterocycles. The second-order valence-corrected chi connectivity index (χ2v) is 5.25. The van der Waals surface area contributed by atoms with E-state index in [1.165, 1.54) is 11.8 Å². The largest absolute Gasteiger partial charge is 0.480 e. The summed E-state index contributed by atoms with van der Waals surface area (Å²) >= 11 is 1.31. The van der Waals surface area contributed by atoms with E-state index in [0.717, 1.165) is 5.56 Å². The lowest BCUT2D eigenvalue weighted by Crippen LogP contribution is -2.19. The second-order valence-electron chi connectivity index (χ2n) is 4.06. The van der Waals surface area contributed by atoms with Gasteiger partial charge in [-0.15, -0.1) is 11.8 Å². The molecule has 0 amide bonds. The van der Waals surface area contributed by atoms with Gasteiger partial charge in [0.2, 0.25) is 5.89 Å². The van der Waals surface area contributed by atoms with Crippen LogP contribution in [0.3, 0.4) is 0 Å². The third-order valence-corrected chi connectivity index (χ3v) is 3.72. The number of nitrogens with zero attached hydrogens (tertiary/aromatic N) is 2. The predicted molar refractivity (Wildman–Crippen MR) is 71.9 cm³/mol. The molecule has 100 valence electrons. The number of carboxylic acids is 1. The lowest BCUT2D eigenvalue weighted by Gasteiger charge is -2.10. The van der Waals surface area contributed by atoms with E-state index in [0.29, 0.717) is 23.9 Å². The molecule has 1 unspecified atom stereocenters. The zero-order valence-electron chi connectivity index (χ0n) is 10.4. The van der Waals surface area contributed by atoms with Gasteiger partial charge in [0.25, 0.3) is 0 Å². The Bertz CT molecular complexity index is 542. The number of carbonyl (C=O) groups is 1. The summed E-state index contributed by atoms with van der Waals surface area (Å²) in [6.07, 6.45) is 0.484. The van der Waals surface area contributed by atoms with Crippen LogP contribution in [0.4, 0.5) is 0 Å². The van der Waals surface area contributed by atoms with Crippen LogP contribution < -0.4 is 0 Å². The van der Waals surface area contributed by atoms with Gasteiger partial charge in [0, 0.05) is 6.92 Å². The van der Waals surface area contributed by atoms with Crippen molar-refractivity contribution in [1.82, 2.24) is 10.1 Å². The maximum absolute atomic E-state index is 11.2. The minimum Gasteiger partial charge on any atom is -0.480 e. The van der Waals surface area contributed by atoms with Gasteiger partial charge in [-0.25, -0.2) is 0 Å². The average Bonchev–Trinajstić information content (AvgIpc) is 2.81. The highest BCUT2D eigenvalue weighted by Gasteiger charge is 2.19. The smallest absolute Gasteiger partial charge is 0.316 e. The van der Waals surface area contributed by atoms with E-state index < -0.39 is 11.2 Å². The SMILES string of the molecule is Cc1nc(CSC(Cc2ccccc2)C(=O)O)no1. The molecule has 2 aromatic rings. The molecule has 1 heterocycles. The summed E-state index contributed by atoms with van der Waals surface area (Å²) in [5.41, 5.74) is 1.01. The summed E-state index contributed by atoms with van der Waals surface area (Å²) in [6.45, 7) is 1.71. The molecule has 0 bridgehead atoms. The van der Waals surface area contributed by atoms with Gasteiger partial charge < -0.3 is 9.63 Å². The average molecular weight is 278 g/mol. The number of benzene rings is 1. The van der Waals surface area contributed by atoms with Crippen molar-refractivity contribution < 1.29 is 14.4 Å². The van der Waals surface area contributed by atoms with Crippen LogP contribution >= 0.6 is 11.8 Å². The minimum absolute atomic E-state index is 0.432. The highest BCUT2D eigenvalue weighted by Crippen LogP contribution is 2.20. The molecule has 0 fully saturated rings. The quantitative estimate of drug-likeness (QED) is 0.873. The van der Waals surface area contributed by atoms with Crippen molar-refractivity contribution in [3.63, 3.8) is 0 Å². The number of aliphatic carboxylic acids is 1. The molecule has 2 rings (SSSR count). The fraction of sp³-hybridized carbons (Fsp3) is 0.308. The summed E-state index contributed by atoms with van der Waals surface area (Å²) in [5, 5.41) is 12.5. The van der Waals surface area contributed by atoms with E-state index in [4.69, 9.17) is 4.52 Å². The first-order chi connectivity index (χ1) is 9.15. The molecule has 1 aromatic carbocycles. The molecule has 6 heteroatoms. The van der Waals surface area contributed by atoms with Crippen LogP contribution in [0.2, 0.25) is 0 Å². The van der Waals surface area contributed by atoms with Crippen molar-refractivity contribution in [1.29, 1.82) is 0 Å². The Morgan fingerprint density at radius 2 is 2.16 bits per heavy atom. The van der Waals surface area contributed by atoms with Crippen LogP contribution in [-0.4, -0.2) is 26.5 Å². The lowest BCUT2D eigenvalue weighted by atomic mass is 10.1. The van der Waals surface area contributed by atoms with Gasteiger partial charge in [-0.1, -0.05) is 35.5 Å². The summed E-state index contributed by atoms with van der Waals surface area (Å²) < 4.78 is 4.85. The predicted octanol–water partition coefficient (Wildman–Crippen LogP) is 2.31. The molecular formula is C13H14N2O3S. The number of thioether (sulfide) groups is 1. The van der Waals surface area contributed by atoms with Gasteiger partial charge >= 0.3 is 5.97 Å². The lowest BCUT2D eigenvalue weighted by molar-refractivity contribution is -0.136. The van der Waals surface area contributed by atoms with E-state index >= 15 is 0 Å². The fourth-order valence-corrected chi connectivity index (χ4v) is 2.54. The van der Waals surface area contributed by atoms with Gasteiger partial charge in [0.05, 0.1) is 5.75 Å².